The Labute approximate surface area is 330 Å². The summed E-state index contributed by atoms with van der Waals surface area (Å²) in [5.41, 5.74) is 8.91. The predicted molar refractivity (Wildman–Crippen MR) is 219 cm³/mol. The third-order valence-corrected chi connectivity index (χ3v) is 11.5. The Morgan fingerprint density at radius 3 is 2.11 bits per heavy atom. The SMILES string of the molecule is Cc1ccc(Nc2cc(-c3cccc(NC(=O)OCC4c5ccccc5-c5ccccc54)c3)ncn2)cc1NS(=O)(=O)CCCCN1C(=O)c2ccccc2C1=O. The highest BCUT2D eigenvalue weighted by molar-refractivity contribution is 7.92. The molecule has 0 saturated heterocycles. The van der Waals surface area contributed by atoms with Crippen molar-refractivity contribution >= 4 is 50.8 Å². The minimum atomic E-state index is -3.74. The van der Waals surface area contributed by atoms with Crippen LogP contribution in [0.25, 0.3) is 22.4 Å². The van der Waals surface area contributed by atoms with Crippen molar-refractivity contribution in [3.8, 4) is 22.4 Å². The zero-order valence-electron chi connectivity index (χ0n) is 30.9. The van der Waals surface area contributed by atoms with E-state index in [0.29, 0.717) is 46.1 Å². The zero-order chi connectivity index (χ0) is 39.5. The molecule has 286 valence electrons. The quantitative estimate of drug-likeness (QED) is 0.0773. The number of benzene rings is 5. The molecule has 2 heterocycles. The van der Waals surface area contributed by atoms with Crippen LogP contribution in [-0.2, 0) is 14.8 Å². The van der Waals surface area contributed by atoms with Gasteiger partial charge in [0, 0.05) is 35.5 Å². The van der Waals surface area contributed by atoms with Gasteiger partial charge in [-0.25, -0.2) is 23.2 Å². The second kappa shape index (κ2) is 15.7. The van der Waals surface area contributed by atoms with Gasteiger partial charge in [0.2, 0.25) is 10.0 Å². The molecular formula is C44H38N6O6S. The summed E-state index contributed by atoms with van der Waals surface area (Å²) >= 11 is 0. The highest BCUT2D eigenvalue weighted by Crippen LogP contribution is 2.44. The van der Waals surface area contributed by atoms with Gasteiger partial charge in [-0.2, -0.15) is 0 Å². The standard InChI is InChI=1S/C44H38N6O6S/c1-28-19-20-31(24-39(28)49-57(54,55)22-9-8-21-50-42(51)36-17-6-7-18-37(36)43(50)52)47-41-25-40(45-27-46-41)29-11-10-12-30(23-29)48-44(53)56-26-38-34-15-4-2-13-32(34)33-14-3-5-16-35(33)38/h2-7,10-20,23-25,27,38,49H,8-9,21-22,26H2,1H3,(H,48,53)(H,45,46,47). The van der Waals surface area contributed by atoms with Gasteiger partial charge in [0.05, 0.1) is 28.3 Å². The van der Waals surface area contributed by atoms with E-state index in [1.807, 2.05) is 42.5 Å². The molecular weight excluding hydrogens is 741 g/mol. The Balaban J connectivity index is 0.862. The number of nitrogens with zero attached hydrogens (tertiary/aromatic N) is 3. The number of sulfonamides is 1. The van der Waals surface area contributed by atoms with Gasteiger partial charge in [0.15, 0.2) is 0 Å². The summed E-state index contributed by atoms with van der Waals surface area (Å²) < 4.78 is 34.6. The summed E-state index contributed by atoms with van der Waals surface area (Å²) in [4.78, 5) is 48.2. The summed E-state index contributed by atoms with van der Waals surface area (Å²) in [6, 6.07) is 37.3. The highest BCUT2D eigenvalue weighted by atomic mass is 32.2. The average molecular weight is 779 g/mol. The largest absolute Gasteiger partial charge is 0.448 e. The number of fused-ring (bicyclic) bond motifs is 4. The predicted octanol–water partition coefficient (Wildman–Crippen LogP) is 8.37. The van der Waals surface area contributed by atoms with Crippen molar-refractivity contribution in [2.75, 3.05) is 34.3 Å². The maximum atomic E-state index is 13.1. The molecule has 57 heavy (non-hydrogen) atoms. The second-order valence-corrected chi connectivity index (χ2v) is 15.8. The van der Waals surface area contributed by atoms with Crippen LogP contribution in [0.4, 0.5) is 27.7 Å². The number of amides is 3. The monoisotopic (exact) mass is 778 g/mol. The maximum absolute atomic E-state index is 13.1. The van der Waals surface area contributed by atoms with E-state index >= 15 is 0 Å². The van der Waals surface area contributed by atoms with E-state index in [1.54, 1.807) is 61.5 Å². The van der Waals surface area contributed by atoms with Crippen molar-refractivity contribution in [3.63, 3.8) is 0 Å². The number of unbranched alkanes of at least 4 members (excludes halogenated alkanes) is 1. The smallest absolute Gasteiger partial charge is 0.411 e. The Kier molecular flexibility index (Phi) is 10.2. The summed E-state index contributed by atoms with van der Waals surface area (Å²) in [7, 11) is -3.74. The van der Waals surface area contributed by atoms with E-state index in [9.17, 15) is 22.8 Å². The number of hydrogen-bond donors (Lipinski definition) is 3. The Hall–Kier alpha value is -6.86. The third-order valence-electron chi connectivity index (χ3n) is 10.1. The number of imide groups is 1. The van der Waals surface area contributed by atoms with Crippen molar-refractivity contribution in [1.29, 1.82) is 0 Å². The number of nitrogens with one attached hydrogen (secondary N) is 3. The molecule has 0 unspecified atom stereocenters. The molecule has 1 aliphatic heterocycles. The fourth-order valence-electron chi connectivity index (χ4n) is 7.27. The lowest BCUT2D eigenvalue weighted by Crippen LogP contribution is -2.31. The highest BCUT2D eigenvalue weighted by Gasteiger charge is 2.34. The maximum Gasteiger partial charge on any atom is 0.411 e. The summed E-state index contributed by atoms with van der Waals surface area (Å²) in [5.74, 6) is -0.477. The van der Waals surface area contributed by atoms with Crippen molar-refractivity contribution in [2.24, 2.45) is 0 Å². The molecule has 0 fully saturated rings. The molecule has 5 aromatic carbocycles. The molecule has 6 aromatic rings. The molecule has 2 aliphatic rings. The third kappa shape index (κ3) is 7.96. The number of hydrogen-bond acceptors (Lipinski definition) is 9. The fraction of sp³-hybridized carbons (Fsp3) is 0.159. The molecule has 12 nitrogen and oxygen atoms in total. The molecule has 0 bridgehead atoms. The van der Waals surface area contributed by atoms with Gasteiger partial charge < -0.3 is 10.1 Å². The van der Waals surface area contributed by atoms with Crippen LogP contribution in [0.2, 0.25) is 0 Å². The molecule has 0 spiro atoms. The van der Waals surface area contributed by atoms with Crippen LogP contribution in [0, 0.1) is 6.92 Å². The Morgan fingerprint density at radius 2 is 1.40 bits per heavy atom. The Morgan fingerprint density at radius 1 is 0.737 bits per heavy atom. The molecule has 1 aliphatic carbocycles. The number of rotatable bonds is 13. The normalized spacial score (nSPS) is 13.2. The van der Waals surface area contributed by atoms with Gasteiger partial charge in [-0.1, -0.05) is 78.9 Å². The second-order valence-electron chi connectivity index (χ2n) is 13.9. The average Bonchev–Trinajstić information content (AvgIpc) is 3.66. The number of carbonyl (C=O) groups excluding carboxylic acids is 3. The van der Waals surface area contributed by atoms with E-state index in [-0.39, 0.29) is 43.1 Å². The molecule has 8 rings (SSSR count). The van der Waals surface area contributed by atoms with Crippen LogP contribution in [0.3, 0.4) is 0 Å². The van der Waals surface area contributed by atoms with E-state index < -0.39 is 16.1 Å². The van der Waals surface area contributed by atoms with Crippen molar-refractivity contribution in [2.45, 2.75) is 25.7 Å². The van der Waals surface area contributed by atoms with Crippen LogP contribution in [0.15, 0.2) is 128 Å². The fourth-order valence-corrected chi connectivity index (χ4v) is 8.51. The van der Waals surface area contributed by atoms with Gasteiger partial charge in [-0.15, -0.1) is 0 Å². The van der Waals surface area contributed by atoms with Crippen LogP contribution in [-0.4, -0.2) is 60.1 Å². The number of carbonyl (C=O) groups is 3. The van der Waals surface area contributed by atoms with E-state index in [4.69, 9.17) is 4.74 Å². The number of anilines is 4. The first-order valence-electron chi connectivity index (χ1n) is 18.5. The number of aryl methyl sites for hydroxylation is 1. The first kappa shape index (κ1) is 37.1. The molecule has 1 aromatic heterocycles. The molecule has 0 radical (unpaired) electrons. The van der Waals surface area contributed by atoms with Crippen molar-refractivity contribution < 1.29 is 27.5 Å². The van der Waals surface area contributed by atoms with Gasteiger partial charge in [-0.3, -0.25) is 24.5 Å². The van der Waals surface area contributed by atoms with Gasteiger partial charge in [0.25, 0.3) is 11.8 Å². The molecule has 13 heteroatoms. The number of ether oxygens (including phenoxy) is 1. The first-order chi connectivity index (χ1) is 27.6. The lowest BCUT2D eigenvalue weighted by molar-refractivity contribution is 0.0652. The van der Waals surface area contributed by atoms with Gasteiger partial charge in [0.1, 0.15) is 18.8 Å². The van der Waals surface area contributed by atoms with E-state index in [2.05, 4.69) is 49.6 Å². The number of aromatic nitrogens is 2. The lowest BCUT2D eigenvalue weighted by atomic mass is 9.98. The summed E-state index contributed by atoms with van der Waals surface area (Å²) in [5, 5.41) is 6.07. The molecule has 0 atom stereocenters. The molecule has 3 N–H and O–H groups in total. The van der Waals surface area contributed by atoms with Crippen LogP contribution in [0.1, 0.15) is 56.2 Å². The summed E-state index contributed by atoms with van der Waals surface area (Å²) in [6.45, 7) is 2.14. The van der Waals surface area contributed by atoms with E-state index in [1.165, 1.54) is 11.2 Å². The van der Waals surface area contributed by atoms with Crippen LogP contribution in [0.5, 0.6) is 0 Å². The van der Waals surface area contributed by atoms with Gasteiger partial charge in [-0.05, 0) is 84.0 Å². The van der Waals surface area contributed by atoms with Gasteiger partial charge >= 0.3 is 6.09 Å². The van der Waals surface area contributed by atoms with Crippen LogP contribution >= 0.6 is 0 Å². The van der Waals surface area contributed by atoms with Crippen molar-refractivity contribution in [3.05, 3.63) is 155 Å². The molecule has 3 amide bonds. The molecule has 0 saturated carbocycles. The summed E-state index contributed by atoms with van der Waals surface area (Å²) in [6.07, 6.45) is 1.46. The zero-order valence-corrected chi connectivity index (χ0v) is 31.8. The Bertz CT molecular complexity index is 2570. The van der Waals surface area contributed by atoms with E-state index in [0.717, 1.165) is 33.4 Å². The topological polar surface area (TPSA) is 160 Å². The van der Waals surface area contributed by atoms with Crippen LogP contribution < -0.4 is 15.4 Å². The minimum absolute atomic E-state index is 0.0521. The van der Waals surface area contributed by atoms with Crippen molar-refractivity contribution in [1.82, 2.24) is 14.9 Å². The first-order valence-corrected chi connectivity index (χ1v) is 20.2. The minimum Gasteiger partial charge on any atom is -0.448 e. The lowest BCUT2D eigenvalue weighted by Gasteiger charge is -2.15.